The number of H-pyrrole nitrogens is 2. The second-order valence-electron chi connectivity index (χ2n) is 4.67. The van der Waals surface area contributed by atoms with Gasteiger partial charge < -0.3 is 14.8 Å². The minimum absolute atomic E-state index is 0.0874. The molecule has 1 aromatic heterocycles. The molecule has 116 valence electrons. The van der Waals surface area contributed by atoms with Crippen LogP contribution in [0.4, 0.5) is 0 Å². The Kier molecular flexibility index (Phi) is 4.01. The molecule has 0 aliphatic carbocycles. The van der Waals surface area contributed by atoms with Crippen LogP contribution in [0.15, 0.2) is 16.9 Å². The lowest BCUT2D eigenvalue weighted by Gasteiger charge is -2.19. The monoisotopic (exact) mass is 324 g/mol. The van der Waals surface area contributed by atoms with E-state index in [1.807, 2.05) is 0 Å². The first-order valence-electron chi connectivity index (χ1n) is 6.60. The molecule has 0 unspecified atom stereocenters. The number of nitrogens with zero attached hydrogens (tertiary/aromatic N) is 1. The van der Waals surface area contributed by atoms with Crippen molar-refractivity contribution in [2.24, 2.45) is 0 Å². The van der Waals surface area contributed by atoms with Crippen molar-refractivity contribution >= 4 is 17.5 Å². The largest absolute Gasteiger partial charge is 0.486 e. The highest BCUT2D eigenvalue weighted by Gasteiger charge is 2.16. The van der Waals surface area contributed by atoms with Gasteiger partial charge in [-0.3, -0.25) is 9.78 Å². The summed E-state index contributed by atoms with van der Waals surface area (Å²) in [6, 6.07) is 3.34. The third-order valence-corrected chi connectivity index (χ3v) is 3.42. The van der Waals surface area contributed by atoms with E-state index in [4.69, 9.17) is 21.1 Å². The minimum Gasteiger partial charge on any atom is -0.486 e. The maximum Gasteiger partial charge on any atom is 0.340 e. The summed E-state index contributed by atoms with van der Waals surface area (Å²) in [7, 11) is 0. The minimum atomic E-state index is -0.417. The molecule has 22 heavy (non-hydrogen) atoms. The topological polar surface area (TPSA) is 109 Å². The molecule has 0 fully saturated rings. The van der Waals surface area contributed by atoms with Crippen LogP contribution < -0.4 is 20.5 Å². The van der Waals surface area contributed by atoms with Gasteiger partial charge in [0.05, 0.1) is 13.0 Å². The maximum absolute atomic E-state index is 11.9. The zero-order valence-electron chi connectivity index (χ0n) is 11.4. The lowest BCUT2D eigenvalue weighted by atomic mass is 10.1. The molecule has 1 aromatic carbocycles. The van der Waals surface area contributed by atoms with Crippen LogP contribution in [0.5, 0.6) is 11.5 Å². The highest BCUT2D eigenvalue weighted by atomic mass is 35.5. The van der Waals surface area contributed by atoms with Crippen molar-refractivity contribution in [2.45, 2.75) is 13.0 Å². The Morgan fingerprint density at radius 2 is 2.05 bits per heavy atom. The van der Waals surface area contributed by atoms with E-state index in [2.05, 4.69) is 20.5 Å². The highest BCUT2D eigenvalue weighted by molar-refractivity contribution is 6.31. The van der Waals surface area contributed by atoms with Crippen molar-refractivity contribution in [3.8, 4) is 11.5 Å². The van der Waals surface area contributed by atoms with Gasteiger partial charge in [-0.1, -0.05) is 11.6 Å². The van der Waals surface area contributed by atoms with Crippen molar-refractivity contribution in [1.82, 2.24) is 20.5 Å². The number of aromatic amines is 2. The van der Waals surface area contributed by atoms with Crippen molar-refractivity contribution in [3.05, 3.63) is 39.0 Å². The Hall–Kier alpha value is -2.48. The number of carbonyl (C=O) groups is 1. The van der Waals surface area contributed by atoms with E-state index in [9.17, 15) is 9.59 Å². The van der Waals surface area contributed by atoms with Crippen LogP contribution >= 0.6 is 11.6 Å². The molecule has 0 atom stereocenters. The average Bonchev–Trinajstić information content (AvgIpc) is 2.91. The van der Waals surface area contributed by atoms with Gasteiger partial charge in [0, 0.05) is 11.1 Å². The summed E-state index contributed by atoms with van der Waals surface area (Å²) >= 11 is 6.15. The Morgan fingerprint density at radius 1 is 1.32 bits per heavy atom. The number of carbonyl (C=O) groups excluding carboxylic acids is 1. The molecule has 2 aromatic rings. The van der Waals surface area contributed by atoms with Gasteiger partial charge in [-0.2, -0.15) is 5.10 Å². The van der Waals surface area contributed by atoms with Crippen LogP contribution in [0, 0.1) is 0 Å². The zero-order valence-corrected chi connectivity index (χ0v) is 12.2. The third-order valence-electron chi connectivity index (χ3n) is 3.07. The lowest BCUT2D eigenvalue weighted by molar-refractivity contribution is -0.120. The molecule has 1 aliphatic heterocycles. The van der Waals surface area contributed by atoms with Gasteiger partial charge in [0.15, 0.2) is 11.5 Å². The fourth-order valence-electron chi connectivity index (χ4n) is 2.05. The number of fused-ring (bicyclic) bond motifs is 1. The zero-order chi connectivity index (χ0) is 15.5. The molecular formula is C13H13ClN4O4. The number of aromatic nitrogens is 3. The van der Waals surface area contributed by atoms with Crippen LogP contribution in [-0.4, -0.2) is 34.3 Å². The standard InChI is InChI=1S/C13H13ClN4O4/c14-8-5-10-9(21-1-2-22-10)3-7(8)4-12(19)15-6-11-16-13(20)18-17-11/h3,5H,1-2,4,6H2,(H,15,19)(H2,16,17,18,20). The van der Waals surface area contributed by atoms with Gasteiger partial charge >= 0.3 is 5.69 Å². The summed E-state index contributed by atoms with van der Waals surface area (Å²) in [5.74, 6) is 1.26. The van der Waals surface area contributed by atoms with E-state index >= 15 is 0 Å². The maximum atomic E-state index is 11.9. The molecule has 0 saturated heterocycles. The summed E-state index contributed by atoms with van der Waals surface area (Å²) in [5.41, 5.74) is 0.220. The fraction of sp³-hybridized carbons (Fsp3) is 0.308. The first-order chi connectivity index (χ1) is 10.6. The number of benzene rings is 1. The number of amides is 1. The first kappa shape index (κ1) is 14.5. The fourth-order valence-corrected chi connectivity index (χ4v) is 2.27. The predicted octanol–water partition coefficient (Wildman–Crippen LogP) is 0.381. The van der Waals surface area contributed by atoms with E-state index in [-0.39, 0.29) is 18.9 Å². The van der Waals surface area contributed by atoms with Crippen LogP contribution in [0.1, 0.15) is 11.4 Å². The molecule has 3 N–H and O–H groups in total. The molecule has 9 heteroatoms. The van der Waals surface area contributed by atoms with Crippen LogP contribution in [0.3, 0.4) is 0 Å². The molecular weight excluding hydrogens is 312 g/mol. The summed E-state index contributed by atoms with van der Waals surface area (Å²) in [5, 5.41) is 9.00. The molecule has 1 aliphatic rings. The Bertz CT molecular complexity index is 755. The quantitative estimate of drug-likeness (QED) is 0.753. The number of halogens is 1. The normalized spacial score (nSPS) is 13.0. The summed E-state index contributed by atoms with van der Waals surface area (Å²) in [4.78, 5) is 25.3. The molecule has 0 saturated carbocycles. The molecule has 0 bridgehead atoms. The lowest BCUT2D eigenvalue weighted by Crippen LogP contribution is -2.25. The van der Waals surface area contributed by atoms with Gasteiger partial charge in [0.2, 0.25) is 5.91 Å². The number of hydrogen-bond acceptors (Lipinski definition) is 5. The highest BCUT2D eigenvalue weighted by Crippen LogP contribution is 2.35. The van der Waals surface area contributed by atoms with E-state index in [0.717, 1.165) is 0 Å². The number of hydrogen-bond donors (Lipinski definition) is 3. The Balaban J connectivity index is 1.64. The summed E-state index contributed by atoms with van der Waals surface area (Å²) in [6.45, 7) is 1.07. The first-order valence-corrected chi connectivity index (χ1v) is 6.98. The molecule has 0 spiro atoms. The van der Waals surface area contributed by atoms with Crippen LogP contribution in [-0.2, 0) is 17.8 Å². The van der Waals surface area contributed by atoms with E-state index < -0.39 is 5.69 Å². The SMILES string of the molecule is O=C(Cc1cc2c(cc1Cl)OCCO2)NCc1n[nH]c(=O)[nH]1. The molecule has 8 nitrogen and oxygen atoms in total. The van der Waals surface area contributed by atoms with Crippen molar-refractivity contribution in [2.75, 3.05) is 13.2 Å². The molecule has 0 radical (unpaired) electrons. The van der Waals surface area contributed by atoms with Crippen LogP contribution in [0.25, 0.3) is 0 Å². The van der Waals surface area contributed by atoms with Gasteiger partial charge in [-0.25, -0.2) is 9.89 Å². The summed E-state index contributed by atoms with van der Waals surface area (Å²) < 4.78 is 10.9. The second kappa shape index (κ2) is 6.10. The predicted molar refractivity (Wildman–Crippen MR) is 77.2 cm³/mol. The van der Waals surface area contributed by atoms with Crippen LogP contribution in [0.2, 0.25) is 5.02 Å². The van der Waals surface area contributed by atoms with Crippen molar-refractivity contribution < 1.29 is 14.3 Å². The number of ether oxygens (including phenoxy) is 2. The Morgan fingerprint density at radius 3 is 2.73 bits per heavy atom. The van der Waals surface area contributed by atoms with Crippen molar-refractivity contribution in [3.63, 3.8) is 0 Å². The average molecular weight is 325 g/mol. The van der Waals surface area contributed by atoms with Gasteiger partial charge in [-0.05, 0) is 11.6 Å². The second-order valence-corrected chi connectivity index (χ2v) is 5.07. The number of nitrogens with one attached hydrogen (secondary N) is 3. The van der Waals surface area contributed by atoms with Gasteiger partial charge in [0.25, 0.3) is 0 Å². The van der Waals surface area contributed by atoms with Gasteiger partial charge in [-0.15, -0.1) is 0 Å². The molecule has 1 amide bonds. The molecule has 2 heterocycles. The van der Waals surface area contributed by atoms with E-state index in [1.54, 1.807) is 12.1 Å². The van der Waals surface area contributed by atoms with E-state index in [0.29, 0.717) is 41.1 Å². The van der Waals surface area contributed by atoms with Gasteiger partial charge in [0.1, 0.15) is 19.0 Å². The molecule has 3 rings (SSSR count). The number of rotatable bonds is 4. The third kappa shape index (κ3) is 3.22. The van der Waals surface area contributed by atoms with Crippen molar-refractivity contribution in [1.29, 1.82) is 0 Å². The summed E-state index contributed by atoms with van der Waals surface area (Å²) in [6.07, 6.45) is 0.0874. The Labute approximate surface area is 129 Å². The van der Waals surface area contributed by atoms with E-state index in [1.165, 1.54) is 0 Å². The smallest absolute Gasteiger partial charge is 0.340 e.